The minimum absolute atomic E-state index is 0.347. The van der Waals surface area contributed by atoms with Crippen molar-refractivity contribution in [2.45, 2.75) is 55.0 Å². The Balaban J connectivity index is 1.23. The van der Waals surface area contributed by atoms with E-state index in [2.05, 4.69) is 74.7 Å². The summed E-state index contributed by atoms with van der Waals surface area (Å²) in [5.74, 6) is 0. The summed E-state index contributed by atoms with van der Waals surface area (Å²) in [7, 11) is 0. The first-order valence-corrected chi connectivity index (χ1v) is 13.3. The molecule has 0 saturated carbocycles. The Labute approximate surface area is 196 Å². The molecule has 4 aliphatic heterocycles. The van der Waals surface area contributed by atoms with Gasteiger partial charge in [-0.2, -0.15) is 0 Å². The van der Waals surface area contributed by atoms with E-state index in [-0.39, 0.29) is 0 Å². The third kappa shape index (κ3) is 3.95. The summed E-state index contributed by atoms with van der Waals surface area (Å²) in [6, 6.07) is 18.8. The number of fused-ring (bicyclic) bond motifs is 3. The molecule has 1 N–H and O–H groups in total. The summed E-state index contributed by atoms with van der Waals surface area (Å²) >= 11 is 2.00. The van der Waals surface area contributed by atoms with Crippen LogP contribution in [-0.2, 0) is 0 Å². The molecular weight excluding hydrogens is 412 g/mol. The Morgan fingerprint density at radius 2 is 1.75 bits per heavy atom. The molecular formula is C27H34N4S. The highest BCUT2D eigenvalue weighted by Crippen LogP contribution is 2.50. The standard InChI is InChI=1S/C27H34N4S/c1-4-16-29(17-5-1)18-7-19-30-25(20-31-24-9-2-3-10-26(24)32-27(30)31)22-13-11-21(12-14-22)23-8-6-15-28-23/h2-3,9-14,20,23,27-28H,1,4-8,15-19H2/t23?,27-/m1/s1. The largest absolute Gasteiger partial charge is 0.340 e. The van der Waals surface area contributed by atoms with Gasteiger partial charge in [0, 0.05) is 23.7 Å². The molecule has 0 spiro atoms. The van der Waals surface area contributed by atoms with Gasteiger partial charge in [-0.1, -0.05) is 54.6 Å². The number of para-hydroxylation sites is 1. The number of anilines is 1. The molecule has 0 bridgehead atoms. The van der Waals surface area contributed by atoms with Crippen molar-refractivity contribution in [1.82, 2.24) is 15.1 Å². The number of hydrogen-bond acceptors (Lipinski definition) is 5. The van der Waals surface area contributed by atoms with Crippen LogP contribution in [0.1, 0.15) is 55.7 Å². The summed E-state index contributed by atoms with van der Waals surface area (Å²) in [5.41, 5.74) is 5.85. The molecule has 2 aromatic rings. The summed E-state index contributed by atoms with van der Waals surface area (Å²) in [6.07, 6.45) is 10.3. The smallest absolute Gasteiger partial charge is 0.159 e. The molecule has 32 heavy (non-hydrogen) atoms. The van der Waals surface area contributed by atoms with Crippen molar-refractivity contribution in [3.63, 3.8) is 0 Å². The normalized spacial score (nSPS) is 25.2. The van der Waals surface area contributed by atoms with E-state index in [0.29, 0.717) is 11.5 Å². The van der Waals surface area contributed by atoms with Crippen molar-refractivity contribution in [2.75, 3.05) is 37.6 Å². The molecule has 168 valence electrons. The van der Waals surface area contributed by atoms with Crippen molar-refractivity contribution >= 4 is 23.1 Å². The van der Waals surface area contributed by atoms with Crippen molar-refractivity contribution in [1.29, 1.82) is 0 Å². The minimum Gasteiger partial charge on any atom is -0.340 e. The highest BCUT2D eigenvalue weighted by Gasteiger charge is 2.39. The van der Waals surface area contributed by atoms with Crippen molar-refractivity contribution < 1.29 is 0 Å². The highest BCUT2D eigenvalue weighted by atomic mass is 32.2. The first-order valence-electron chi connectivity index (χ1n) is 12.5. The van der Waals surface area contributed by atoms with Crippen LogP contribution >= 0.6 is 11.8 Å². The van der Waals surface area contributed by atoms with Gasteiger partial charge in [-0.3, -0.25) is 0 Å². The van der Waals surface area contributed by atoms with E-state index < -0.39 is 0 Å². The van der Waals surface area contributed by atoms with Gasteiger partial charge in [0.1, 0.15) is 0 Å². The zero-order chi connectivity index (χ0) is 21.3. The lowest BCUT2D eigenvalue weighted by atomic mass is 10.0. The Hall–Kier alpha value is -1.95. The molecule has 0 radical (unpaired) electrons. The van der Waals surface area contributed by atoms with Gasteiger partial charge >= 0.3 is 0 Å². The number of hydrogen-bond donors (Lipinski definition) is 1. The SMILES string of the molecule is C1=C(c2ccc(C3CCCN3)cc2)N(CCCN2CCCCC2)[C@H]2Sc3ccccc3N12. The van der Waals surface area contributed by atoms with Crippen molar-refractivity contribution in [3.8, 4) is 0 Å². The summed E-state index contributed by atoms with van der Waals surface area (Å²) in [5, 5.41) is 3.63. The predicted molar refractivity (Wildman–Crippen MR) is 135 cm³/mol. The van der Waals surface area contributed by atoms with Crippen LogP contribution in [0.3, 0.4) is 0 Å². The van der Waals surface area contributed by atoms with Gasteiger partial charge in [-0.05, 0) is 81.5 Å². The number of thioether (sulfide) groups is 1. The first kappa shape index (κ1) is 20.6. The number of rotatable bonds is 6. The minimum atomic E-state index is 0.347. The van der Waals surface area contributed by atoms with E-state index in [1.54, 1.807) is 0 Å². The van der Waals surface area contributed by atoms with Crippen molar-refractivity contribution in [3.05, 3.63) is 65.9 Å². The zero-order valence-corrected chi connectivity index (χ0v) is 19.7. The third-order valence-corrected chi connectivity index (χ3v) is 8.73. The molecule has 2 atom stereocenters. The second kappa shape index (κ2) is 9.12. The Kier molecular flexibility index (Phi) is 5.89. The Morgan fingerprint density at radius 1 is 0.906 bits per heavy atom. The van der Waals surface area contributed by atoms with Crippen LogP contribution < -0.4 is 10.2 Å². The average molecular weight is 447 g/mol. The highest BCUT2D eigenvalue weighted by molar-refractivity contribution is 8.00. The van der Waals surface area contributed by atoms with Crippen LogP contribution in [0.25, 0.3) is 5.70 Å². The zero-order valence-electron chi connectivity index (χ0n) is 18.9. The molecule has 5 heteroatoms. The number of likely N-dealkylation sites (tertiary alicyclic amines) is 1. The molecule has 4 nitrogen and oxygen atoms in total. The predicted octanol–water partition coefficient (Wildman–Crippen LogP) is 5.50. The van der Waals surface area contributed by atoms with E-state index >= 15 is 0 Å². The monoisotopic (exact) mass is 446 g/mol. The fourth-order valence-electron chi connectivity index (χ4n) is 5.71. The van der Waals surface area contributed by atoms with E-state index in [1.807, 2.05) is 11.8 Å². The molecule has 4 heterocycles. The van der Waals surface area contributed by atoms with E-state index in [4.69, 9.17) is 0 Å². The topological polar surface area (TPSA) is 21.8 Å². The van der Waals surface area contributed by atoms with Crippen LogP contribution in [-0.4, -0.2) is 48.0 Å². The van der Waals surface area contributed by atoms with Crippen LogP contribution in [0.4, 0.5) is 5.69 Å². The Bertz CT molecular complexity index is 960. The van der Waals surface area contributed by atoms with E-state index in [9.17, 15) is 0 Å². The summed E-state index contributed by atoms with van der Waals surface area (Å²) < 4.78 is 0. The van der Waals surface area contributed by atoms with Gasteiger partial charge in [0.05, 0.1) is 11.4 Å². The molecule has 2 saturated heterocycles. The molecule has 6 rings (SSSR count). The third-order valence-electron chi connectivity index (χ3n) is 7.44. The number of benzene rings is 2. The molecule has 4 aliphatic rings. The summed E-state index contributed by atoms with van der Waals surface area (Å²) in [6.45, 7) is 6.05. The van der Waals surface area contributed by atoms with Crippen LogP contribution in [0.15, 0.2) is 59.6 Å². The van der Waals surface area contributed by atoms with Gasteiger partial charge in [-0.15, -0.1) is 0 Å². The quantitative estimate of drug-likeness (QED) is 0.631. The number of nitrogens with zero attached hydrogens (tertiary/aromatic N) is 3. The first-order chi connectivity index (χ1) is 15.9. The van der Waals surface area contributed by atoms with Gasteiger partial charge in [0.2, 0.25) is 0 Å². The molecule has 2 aromatic carbocycles. The van der Waals surface area contributed by atoms with Gasteiger partial charge in [-0.25, -0.2) is 0 Å². The van der Waals surface area contributed by atoms with Gasteiger partial charge in [0.25, 0.3) is 0 Å². The van der Waals surface area contributed by atoms with Crippen LogP contribution in [0.5, 0.6) is 0 Å². The molecule has 0 aliphatic carbocycles. The molecule has 2 fully saturated rings. The number of nitrogens with one attached hydrogen (secondary N) is 1. The van der Waals surface area contributed by atoms with Gasteiger partial charge < -0.3 is 20.0 Å². The second-order valence-corrected chi connectivity index (χ2v) is 10.7. The second-order valence-electron chi connectivity index (χ2n) is 9.55. The fraction of sp³-hybridized carbons (Fsp3) is 0.481. The lowest BCUT2D eigenvalue weighted by molar-refractivity contribution is 0.217. The molecule has 0 amide bonds. The summed E-state index contributed by atoms with van der Waals surface area (Å²) in [4.78, 5) is 9.21. The number of piperidine rings is 1. The van der Waals surface area contributed by atoms with E-state index in [1.165, 1.54) is 85.6 Å². The molecule has 0 aromatic heterocycles. The maximum absolute atomic E-state index is 3.63. The van der Waals surface area contributed by atoms with Gasteiger partial charge in [0.15, 0.2) is 5.50 Å². The average Bonchev–Trinajstić information content (AvgIpc) is 3.57. The molecule has 1 unspecified atom stereocenters. The van der Waals surface area contributed by atoms with Crippen molar-refractivity contribution in [2.24, 2.45) is 0 Å². The van der Waals surface area contributed by atoms with Crippen LogP contribution in [0.2, 0.25) is 0 Å². The lowest BCUT2D eigenvalue weighted by Crippen LogP contribution is -2.37. The van der Waals surface area contributed by atoms with Crippen LogP contribution in [0, 0.1) is 0 Å². The fourth-order valence-corrected chi connectivity index (χ4v) is 7.02. The lowest BCUT2D eigenvalue weighted by Gasteiger charge is -2.31. The van der Waals surface area contributed by atoms with E-state index in [0.717, 1.165) is 13.1 Å². The Morgan fingerprint density at radius 3 is 2.56 bits per heavy atom. The maximum atomic E-state index is 3.63. The maximum Gasteiger partial charge on any atom is 0.159 e.